The number of carbonyl (C=O) groups excluding carboxylic acids is 2. The summed E-state index contributed by atoms with van der Waals surface area (Å²) in [5.41, 5.74) is 0.390. The fraction of sp³-hybridized carbons (Fsp3) is 0.400. The van der Waals surface area contributed by atoms with E-state index in [1.807, 2.05) is 0 Å². The topological polar surface area (TPSA) is 83.6 Å². The number of carbonyl (C=O) groups is 2. The molecule has 2 rings (SSSR count). The third kappa shape index (κ3) is 4.01. The molecule has 0 aliphatic heterocycles. The predicted molar refractivity (Wildman–Crippen MR) is 85.5 cm³/mol. The van der Waals surface area contributed by atoms with Crippen molar-refractivity contribution in [2.24, 2.45) is 0 Å². The molecule has 2 heterocycles. The molecule has 0 aromatic carbocycles. The summed E-state index contributed by atoms with van der Waals surface area (Å²) >= 11 is 3.31. The molecule has 8 heteroatoms. The fourth-order valence-corrected chi connectivity index (χ4v) is 2.18. The second-order valence-electron chi connectivity index (χ2n) is 5.70. The first-order valence-corrected chi connectivity index (χ1v) is 7.94. The van der Waals surface area contributed by atoms with Gasteiger partial charge in [-0.1, -0.05) is 15.9 Å². The Morgan fingerprint density at radius 2 is 2.04 bits per heavy atom. The zero-order chi connectivity index (χ0) is 17.2. The van der Waals surface area contributed by atoms with Crippen LogP contribution in [0.3, 0.4) is 0 Å². The van der Waals surface area contributed by atoms with E-state index in [1.165, 1.54) is 13.2 Å². The van der Waals surface area contributed by atoms with Gasteiger partial charge in [0.15, 0.2) is 5.76 Å². The van der Waals surface area contributed by atoms with E-state index in [0.717, 1.165) is 4.68 Å². The minimum Gasteiger partial charge on any atom is -0.463 e. The molecule has 0 radical (unpaired) electrons. The first kappa shape index (κ1) is 17.3. The summed E-state index contributed by atoms with van der Waals surface area (Å²) in [4.78, 5) is 23.6. The lowest BCUT2D eigenvalue weighted by molar-refractivity contribution is 0.0509. The molecular formula is C15H17BrN2O5. The van der Waals surface area contributed by atoms with Crippen molar-refractivity contribution in [1.29, 1.82) is 0 Å². The Kier molecular flexibility index (Phi) is 4.93. The molecule has 0 atom stereocenters. The first-order valence-electron chi connectivity index (χ1n) is 6.82. The van der Waals surface area contributed by atoms with Gasteiger partial charge in [-0.05, 0) is 39.0 Å². The summed E-state index contributed by atoms with van der Waals surface area (Å²) in [5.74, 6) is -0.159. The number of hydrogen-bond acceptors (Lipinski definition) is 6. The highest BCUT2D eigenvalue weighted by Crippen LogP contribution is 2.24. The minimum atomic E-state index is -0.629. The van der Waals surface area contributed by atoms with Gasteiger partial charge in [0.05, 0.1) is 12.8 Å². The van der Waals surface area contributed by atoms with Gasteiger partial charge in [0.25, 0.3) is 0 Å². The molecule has 23 heavy (non-hydrogen) atoms. The van der Waals surface area contributed by atoms with E-state index in [0.29, 0.717) is 22.5 Å². The van der Waals surface area contributed by atoms with E-state index in [-0.39, 0.29) is 5.76 Å². The summed E-state index contributed by atoms with van der Waals surface area (Å²) in [7, 11) is 1.27. The highest BCUT2D eigenvalue weighted by molar-refractivity contribution is 9.08. The first-order chi connectivity index (χ1) is 10.7. The number of furan rings is 1. The molecule has 0 saturated heterocycles. The van der Waals surface area contributed by atoms with Crippen molar-refractivity contribution in [2.45, 2.75) is 31.7 Å². The quantitative estimate of drug-likeness (QED) is 0.593. The van der Waals surface area contributed by atoms with Crippen LogP contribution in [0.25, 0.3) is 11.5 Å². The number of aromatic nitrogens is 2. The molecule has 0 aliphatic carbocycles. The Morgan fingerprint density at radius 1 is 1.35 bits per heavy atom. The zero-order valence-electron chi connectivity index (χ0n) is 13.3. The predicted octanol–water partition coefficient (Wildman–Crippen LogP) is 3.61. The van der Waals surface area contributed by atoms with Crippen molar-refractivity contribution in [2.75, 3.05) is 7.11 Å². The Labute approximate surface area is 141 Å². The summed E-state index contributed by atoms with van der Waals surface area (Å²) in [6, 6.07) is 4.76. The highest BCUT2D eigenvalue weighted by atomic mass is 79.9. The maximum absolute atomic E-state index is 12.2. The second-order valence-corrected chi connectivity index (χ2v) is 6.26. The lowest BCUT2D eigenvalue weighted by Gasteiger charge is -2.19. The number of nitrogens with zero attached hydrogens (tertiary/aromatic N) is 2. The molecule has 124 valence electrons. The minimum absolute atomic E-state index is 0.0645. The molecule has 0 aliphatic rings. The van der Waals surface area contributed by atoms with Crippen LogP contribution in [0, 0.1) is 0 Å². The normalized spacial score (nSPS) is 11.3. The molecule has 0 bridgehead atoms. The monoisotopic (exact) mass is 384 g/mol. The van der Waals surface area contributed by atoms with Gasteiger partial charge < -0.3 is 13.9 Å². The molecule has 0 fully saturated rings. The van der Waals surface area contributed by atoms with Gasteiger partial charge in [-0.15, -0.1) is 0 Å². The standard InChI is InChI=1S/C15H17BrN2O5/c1-15(2,3)23-14(20)18-9(8-16)7-10(17-18)11-5-6-12(22-11)13(19)21-4/h5-7H,8H2,1-4H3. The van der Waals surface area contributed by atoms with Crippen LogP contribution < -0.4 is 0 Å². The number of alkyl halides is 1. The Morgan fingerprint density at radius 3 is 2.61 bits per heavy atom. The van der Waals surface area contributed by atoms with Crippen LogP contribution in [0.2, 0.25) is 0 Å². The fourth-order valence-electron chi connectivity index (χ4n) is 1.78. The van der Waals surface area contributed by atoms with Gasteiger partial charge in [-0.25, -0.2) is 9.59 Å². The number of esters is 1. The van der Waals surface area contributed by atoms with Gasteiger partial charge in [-0.2, -0.15) is 9.78 Å². The van der Waals surface area contributed by atoms with E-state index in [9.17, 15) is 9.59 Å². The molecule has 2 aromatic heterocycles. The van der Waals surface area contributed by atoms with Crippen LogP contribution in [0.5, 0.6) is 0 Å². The summed E-state index contributed by atoms with van der Waals surface area (Å²) in [6.45, 7) is 5.33. The van der Waals surface area contributed by atoms with Crippen LogP contribution in [0.1, 0.15) is 37.0 Å². The molecule has 7 nitrogen and oxygen atoms in total. The average molecular weight is 385 g/mol. The van der Waals surface area contributed by atoms with Gasteiger partial charge >= 0.3 is 12.1 Å². The molecular weight excluding hydrogens is 368 g/mol. The van der Waals surface area contributed by atoms with E-state index < -0.39 is 17.7 Å². The Balaban J connectivity index is 2.33. The number of hydrogen-bond donors (Lipinski definition) is 0. The lowest BCUT2D eigenvalue weighted by Crippen LogP contribution is -2.28. The number of methoxy groups -OCH3 is 1. The second kappa shape index (κ2) is 6.57. The van der Waals surface area contributed by atoms with E-state index in [2.05, 4.69) is 25.8 Å². The average Bonchev–Trinajstić information content (AvgIpc) is 3.10. The van der Waals surface area contributed by atoms with E-state index in [1.54, 1.807) is 32.9 Å². The van der Waals surface area contributed by atoms with E-state index >= 15 is 0 Å². The third-order valence-electron chi connectivity index (χ3n) is 2.73. The van der Waals surface area contributed by atoms with E-state index in [4.69, 9.17) is 9.15 Å². The number of rotatable bonds is 3. The van der Waals surface area contributed by atoms with Crippen molar-refractivity contribution < 1.29 is 23.5 Å². The van der Waals surface area contributed by atoms with Gasteiger partial charge in [0, 0.05) is 5.33 Å². The highest BCUT2D eigenvalue weighted by Gasteiger charge is 2.23. The van der Waals surface area contributed by atoms with Crippen LogP contribution in [0.15, 0.2) is 22.6 Å². The van der Waals surface area contributed by atoms with Crippen molar-refractivity contribution in [3.8, 4) is 11.5 Å². The summed E-state index contributed by atoms with van der Waals surface area (Å²) in [6.07, 6.45) is -0.585. The SMILES string of the molecule is COC(=O)c1ccc(-c2cc(CBr)n(C(=O)OC(C)(C)C)n2)o1. The zero-order valence-corrected chi connectivity index (χ0v) is 14.8. The van der Waals surface area contributed by atoms with Crippen LogP contribution in [0.4, 0.5) is 4.79 Å². The third-order valence-corrected chi connectivity index (χ3v) is 3.31. The Hall–Kier alpha value is -2.09. The molecule has 0 spiro atoms. The maximum Gasteiger partial charge on any atom is 0.435 e. The maximum atomic E-state index is 12.2. The largest absolute Gasteiger partial charge is 0.463 e. The van der Waals surface area contributed by atoms with Crippen molar-refractivity contribution in [3.05, 3.63) is 29.7 Å². The van der Waals surface area contributed by atoms with Crippen LogP contribution in [-0.2, 0) is 14.8 Å². The molecule has 2 aromatic rings. The number of halogens is 1. The van der Waals surface area contributed by atoms with Crippen molar-refractivity contribution in [1.82, 2.24) is 9.78 Å². The smallest absolute Gasteiger partial charge is 0.435 e. The number of ether oxygens (including phenoxy) is 2. The molecule has 0 amide bonds. The summed E-state index contributed by atoms with van der Waals surface area (Å²) in [5, 5.41) is 4.61. The Bertz CT molecular complexity index is 727. The van der Waals surface area contributed by atoms with Crippen molar-refractivity contribution >= 4 is 28.0 Å². The molecule has 0 N–H and O–H groups in total. The molecule has 0 saturated carbocycles. The van der Waals surface area contributed by atoms with Crippen LogP contribution >= 0.6 is 15.9 Å². The summed E-state index contributed by atoms with van der Waals surface area (Å²) < 4.78 is 16.5. The van der Waals surface area contributed by atoms with Gasteiger partial charge in [0.2, 0.25) is 5.76 Å². The van der Waals surface area contributed by atoms with Gasteiger partial charge in [-0.3, -0.25) is 0 Å². The molecule has 0 unspecified atom stereocenters. The lowest BCUT2D eigenvalue weighted by atomic mass is 10.2. The van der Waals surface area contributed by atoms with Gasteiger partial charge in [0.1, 0.15) is 11.3 Å². The van der Waals surface area contributed by atoms with Crippen LogP contribution in [-0.4, -0.2) is 34.6 Å². The van der Waals surface area contributed by atoms with Crippen molar-refractivity contribution in [3.63, 3.8) is 0 Å².